The van der Waals surface area contributed by atoms with E-state index < -0.39 is 0 Å². The lowest BCUT2D eigenvalue weighted by molar-refractivity contribution is 0.246. The summed E-state index contributed by atoms with van der Waals surface area (Å²) >= 11 is 0. The Morgan fingerprint density at radius 3 is 2.29 bits per heavy atom. The highest BCUT2D eigenvalue weighted by Crippen LogP contribution is 2.08. The summed E-state index contributed by atoms with van der Waals surface area (Å²) in [7, 11) is 4.33. The summed E-state index contributed by atoms with van der Waals surface area (Å²) in [6.45, 7) is 6.59. The summed E-state index contributed by atoms with van der Waals surface area (Å²) in [6.07, 6.45) is 1.24. The van der Waals surface area contributed by atoms with Crippen molar-refractivity contribution in [2.75, 3.05) is 20.6 Å². The quantitative estimate of drug-likeness (QED) is 0.780. The van der Waals surface area contributed by atoms with Crippen molar-refractivity contribution in [3.05, 3.63) is 35.9 Å². The maximum Gasteiger partial charge on any atom is 0.0217 e. The van der Waals surface area contributed by atoms with E-state index in [-0.39, 0.29) is 0 Å². The van der Waals surface area contributed by atoms with Gasteiger partial charge in [0.2, 0.25) is 0 Å². The highest BCUT2D eigenvalue weighted by molar-refractivity contribution is 5.14. The second-order valence-electron chi connectivity index (χ2n) is 5.36. The van der Waals surface area contributed by atoms with Gasteiger partial charge in [0.15, 0.2) is 0 Å². The van der Waals surface area contributed by atoms with Crippen molar-refractivity contribution in [3.63, 3.8) is 0 Å². The predicted molar refractivity (Wildman–Crippen MR) is 75.1 cm³/mol. The first-order valence-corrected chi connectivity index (χ1v) is 6.50. The molecule has 0 amide bonds. The van der Waals surface area contributed by atoms with Gasteiger partial charge in [-0.25, -0.2) is 0 Å². The molecule has 1 aromatic carbocycles. The van der Waals surface area contributed by atoms with Gasteiger partial charge in [0.05, 0.1) is 0 Å². The van der Waals surface area contributed by atoms with E-state index in [0.29, 0.717) is 6.04 Å². The van der Waals surface area contributed by atoms with Crippen LogP contribution in [0.2, 0.25) is 0 Å². The normalized spacial score (nSPS) is 13.3. The SMILES string of the molecule is CC(C)CC(CNCc1ccccc1)N(C)C. The molecule has 1 atom stereocenters. The van der Waals surface area contributed by atoms with Gasteiger partial charge in [-0.1, -0.05) is 44.2 Å². The molecule has 0 aliphatic carbocycles. The maximum atomic E-state index is 3.55. The van der Waals surface area contributed by atoms with E-state index >= 15 is 0 Å². The highest BCUT2D eigenvalue weighted by Gasteiger charge is 2.12. The monoisotopic (exact) mass is 234 g/mol. The van der Waals surface area contributed by atoms with E-state index in [0.717, 1.165) is 19.0 Å². The Kier molecular flexibility index (Phi) is 6.23. The van der Waals surface area contributed by atoms with Gasteiger partial charge in [0.25, 0.3) is 0 Å². The first-order chi connectivity index (χ1) is 8.09. The first-order valence-electron chi connectivity index (χ1n) is 6.50. The van der Waals surface area contributed by atoms with Crippen molar-refractivity contribution in [1.82, 2.24) is 10.2 Å². The van der Waals surface area contributed by atoms with Crippen molar-refractivity contribution in [2.24, 2.45) is 5.92 Å². The van der Waals surface area contributed by atoms with Crippen LogP contribution in [0.15, 0.2) is 30.3 Å². The second-order valence-corrected chi connectivity index (χ2v) is 5.36. The zero-order valence-corrected chi connectivity index (χ0v) is 11.6. The number of rotatable bonds is 7. The van der Waals surface area contributed by atoms with E-state index in [4.69, 9.17) is 0 Å². The molecule has 1 aromatic rings. The van der Waals surface area contributed by atoms with Gasteiger partial charge < -0.3 is 10.2 Å². The minimum atomic E-state index is 0.624. The number of benzene rings is 1. The Hall–Kier alpha value is -0.860. The van der Waals surface area contributed by atoms with Crippen LogP contribution in [0, 0.1) is 5.92 Å². The minimum Gasteiger partial charge on any atom is -0.311 e. The zero-order valence-electron chi connectivity index (χ0n) is 11.6. The molecule has 2 heteroatoms. The molecular weight excluding hydrogens is 208 g/mol. The highest BCUT2D eigenvalue weighted by atomic mass is 15.1. The third kappa shape index (κ3) is 5.85. The van der Waals surface area contributed by atoms with Crippen molar-refractivity contribution < 1.29 is 0 Å². The van der Waals surface area contributed by atoms with Crippen molar-refractivity contribution >= 4 is 0 Å². The number of likely N-dealkylation sites (N-methyl/N-ethyl adjacent to an activating group) is 1. The van der Waals surface area contributed by atoms with Crippen LogP contribution in [0.1, 0.15) is 25.8 Å². The Morgan fingerprint density at radius 2 is 1.76 bits per heavy atom. The van der Waals surface area contributed by atoms with Crippen LogP contribution in [0.3, 0.4) is 0 Å². The molecule has 2 nitrogen and oxygen atoms in total. The van der Waals surface area contributed by atoms with Gasteiger partial charge in [0.1, 0.15) is 0 Å². The molecule has 0 saturated heterocycles. The van der Waals surface area contributed by atoms with Crippen LogP contribution >= 0.6 is 0 Å². The van der Waals surface area contributed by atoms with Gasteiger partial charge >= 0.3 is 0 Å². The average Bonchev–Trinajstić information content (AvgIpc) is 2.28. The summed E-state index contributed by atoms with van der Waals surface area (Å²) in [5.74, 6) is 0.751. The molecule has 0 fully saturated rings. The Bertz CT molecular complexity index is 293. The molecule has 0 aromatic heterocycles. The molecule has 17 heavy (non-hydrogen) atoms. The van der Waals surface area contributed by atoms with Gasteiger partial charge in [-0.3, -0.25) is 0 Å². The van der Waals surface area contributed by atoms with Crippen LogP contribution in [-0.4, -0.2) is 31.6 Å². The molecule has 1 N–H and O–H groups in total. The molecule has 96 valence electrons. The van der Waals surface area contributed by atoms with Crippen molar-refractivity contribution in [2.45, 2.75) is 32.9 Å². The largest absolute Gasteiger partial charge is 0.311 e. The van der Waals surface area contributed by atoms with Gasteiger partial charge in [-0.2, -0.15) is 0 Å². The van der Waals surface area contributed by atoms with Crippen molar-refractivity contribution in [1.29, 1.82) is 0 Å². The number of nitrogens with one attached hydrogen (secondary N) is 1. The van der Waals surface area contributed by atoms with E-state index in [2.05, 4.69) is 68.5 Å². The van der Waals surface area contributed by atoms with E-state index in [1.807, 2.05) is 0 Å². The lowest BCUT2D eigenvalue weighted by atomic mass is 10.0. The number of nitrogens with zero attached hydrogens (tertiary/aromatic N) is 1. The van der Waals surface area contributed by atoms with Gasteiger partial charge in [-0.15, -0.1) is 0 Å². The third-order valence-electron chi connectivity index (χ3n) is 3.03. The third-order valence-corrected chi connectivity index (χ3v) is 3.03. The minimum absolute atomic E-state index is 0.624. The average molecular weight is 234 g/mol. The summed E-state index contributed by atoms with van der Waals surface area (Å²) in [6, 6.07) is 11.2. The topological polar surface area (TPSA) is 15.3 Å². The number of hydrogen-bond acceptors (Lipinski definition) is 2. The maximum absolute atomic E-state index is 3.55. The molecule has 0 radical (unpaired) electrons. The van der Waals surface area contributed by atoms with Crippen LogP contribution in [0.25, 0.3) is 0 Å². The lowest BCUT2D eigenvalue weighted by Crippen LogP contribution is -2.38. The summed E-state index contributed by atoms with van der Waals surface area (Å²) in [5.41, 5.74) is 1.36. The summed E-state index contributed by atoms with van der Waals surface area (Å²) in [5, 5.41) is 3.55. The van der Waals surface area contributed by atoms with E-state index in [1.165, 1.54) is 12.0 Å². The Labute approximate surface area is 106 Å². The molecule has 1 rings (SSSR count). The van der Waals surface area contributed by atoms with E-state index in [9.17, 15) is 0 Å². The van der Waals surface area contributed by atoms with Crippen LogP contribution in [0.4, 0.5) is 0 Å². The predicted octanol–water partition coefficient (Wildman–Crippen LogP) is 2.75. The van der Waals surface area contributed by atoms with Crippen LogP contribution in [-0.2, 0) is 6.54 Å². The van der Waals surface area contributed by atoms with E-state index in [1.54, 1.807) is 0 Å². The second kappa shape index (κ2) is 7.46. The Morgan fingerprint density at radius 1 is 1.12 bits per heavy atom. The molecule has 0 aliphatic heterocycles. The molecular formula is C15H26N2. The van der Waals surface area contributed by atoms with Gasteiger partial charge in [0, 0.05) is 19.1 Å². The summed E-state index contributed by atoms with van der Waals surface area (Å²) in [4.78, 5) is 2.32. The molecule has 0 spiro atoms. The fourth-order valence-corrected chi connectivity index (χ4v) is 2.00. The molecule has 1 unspecified atom stereocenters. The van der Waals surface area contributed by atoms with Crippen LogP contribution in [0.5, 0.6) is 0 Å². The first kappa shape index (κ1) is 14.2. The zero-order chi connectivity index (χ0) is 12.7. The fraction of sp³-hybridized carbons (Fsp3) is 0.600. The molecule has 0 heterocycles. The molecule has 0 aliphatic rings. The molecule has 0 bridgehead atoms. The van der Waals surface area contributed by atoms with Crippen LogP contribution < -0.4 is 5.32 Å². The fourth-order valence-electron chi connectivity index (χ4n) is 2.00. The van der Waals surface area contributed by atoms with Crippen molar-refractivity contribution in [3.8, 4) is 0 Å². The lowest BCUT2D eigenvalue weighted by Gasteiger charge is -2.26. The number of hydrogen-bond donors (Lipinski definition) is 1. The molecule has 0 saturated carbocycles. The smallest absolute Gasteiger partial charge is 0.0217 e. The summed E-state index contributed by atoms with van der Waals surface area (Å²) < 4.78 is 0. The standard InChI is InChI=1S/C15H26N2/c1-13(2)10-15(17(3)4)12-16-11-14-8-6-5-7-9-14/h5-9,13,15-16H,10-12H2,1-4H3. The van der Waals surface area contributed by atoms with Gasteiger partial charge in [-0.05, 0) is 32.0 Å². The Balaban J connectivity index is 2.32.